The molecule has 5 heteroatoms. The van der Waals surface area contributed by atoms with Gasteiger partial charge in [0.25, 0.3) is 5.91 Å². The van der Waals surface area contributed by atoms with Gasteiger partial charge in [-0.3, -0.25) is 4.79 Å². The first-order chi connectivity index (χ1) is 6.29. The van der Waals surface area contributed by atoms with Crippen molar-refractivity contribution in [2.24, 2.45) is 5.73 Å². The van der Waals surface area contributed by atoms with Gasteiger partial charge in [-0.25, -0.2) is 0 Å². The number of carbonyl (C=O) groups is 1. The van der Waals surface area contributed by atoms with Crippen molar-refractivity contribution < 1.29 is 9.53 Å². The lowest BCUT2D eigenvalue weighted by Gasteiger charge is -2.20. The van der Waals surface area contributed by atoms with Crippen LogP contribution in [-0.4, -0.2) is 19.1 Å². The van der Waals surface area contributed by atoms with Crippen LogP contribution in [0, 0.1) is 0 Å². The standard InChI is InChI=1S/C9H10N2O2.ClH/c10-9(12)6-2-1-3-7-8(6)13-5-4-11-7;/h1-3,11H,4-5H2,(H2,10,12);1H. The summed E-state index contributed by atoms with van der Waals surface area (Å²) in [5.41, 5.74) is 6.46. The van der Waals surface area contributed by atoms with Crippen molar-refractivity contribution >= 4 is 24.0 Å². The molecule has 0 aliphatic carbocycles. The summed E-state index contributed by atoms with van der Waals surface area (Å²) in [6.45, 7) is 1.33. The van der Waals surface area contributed by atoms with E-state index in [1.807, 2.05) is 6.07 Å². The Morgan fingerprint density at radius 1 is 1.50 bits per heavy atom. The van der Waals surface area contributed by atoms with E-state index in [-0.39, 0.29) is 12.4 Å². The summed E-state index contributed by atoms with van der Waals surface area (Å²) in [6.07, 6.45) is 0. The van der Waals surface area contributed by atoms with Gasteiger partial charge in [-0.1, -0.05) is 6.07 Å². The highest BCUT2D eigenvalue weighted by molar-refractivity contribution is 5.97. The number of fused-ring (bicyclic) bond motifs is 1. The number of hydrogen-bond donors (Lipinski definition) is 2. The zero-order chi connectivity index (χ0) is 9.26. The number of rotatable bonds is 1. The minimum atomic E-state index is -0.458. The second-order valence-corrected chi connectivity index (χ2v) is 2.82. The number of amides is 1. The maximum absolute atomic E-state index is 11.0. The molecule has 0 unspecified atom stereocenters. The molecule has 14 heavy (non-hydrogen) atoms. The minimum Gasteiger partial charge on any atom is -0.489 e. The fourth-order valence-corrected chi connectivity index (χ4v) is 1.36. The molecule has 1 aromatic carbocycles. The van der Waals surface area contributed by atoms with Crippen LogP contribution >= 0.6 is 12.4 Å². The smallest absolute Gasteiger partial charge is 0.252 e. The highest BCUT2D eigenvalue weighted by Gasteiger charge is 2.16. The van der Waals surface area contributed by atoms with Gasteiger partial charge in [0.05, 0.1) is 11.3 Å². The predicted octanol–water partition coefficient (Wildman–Crippen LogP) is 1.01. The Morgan fingerprint density at radius 3 is 3.00 bits per heavy atom. The van der Waals surface area contributed by atoms with E-state index >= 15 is 0 Å². The van der Waals surface area contributed by atoms with Gasteiger partial charge in [-0.2, -0.15) is 0 Å². The zero-order valence-corrected chi connectivity index (χ0v) is 8.26. The maximum Gasteiger partial charge on any atom is 0.252 e. The summed E-state index contributed by atoms with van der Waals surface area (Å²) < 4.78 is 5.35. The van der Waals surface area contributed by atoms with Crippen LogP contribution in [0.15, 0.2) is 18.2 Å². The van der Waals surface area contributed by atoms with E-state index in [0.717, 1.165) is 12.2 Å². The largest absolute Gasteiger partial charge is 0.489 e. The third-order valence-corrected chi connectivity index (χ3v) is 1.94. The van der Waals surface area contributed by atoms with Crippen molar-refractivity contribution in [3.8, 4) is 5.75 Å². The molecule has 4 nitrogen and oxygen atoms in total. The van der Waals surface area contributed by atoms with Crippen LogP contribution in [0.2, 0.25) is 0 Å². The second-order valence-electron chi connectivity index (χ2n) is 2.82. The number of primary amides is 1. The number of nitrogens with two attached hydrogens (primary N) is 1. The van der Waals surface area contributed by atoms with Gasteiger partial charge in [0.1, 0.15) is 6.61 Å². The Bertz CT molecular complexity index is 355. The van der Waals surface area contributed by atoms with E-state index < -0.39 is 5.91 Å². The highest BCUT2D eigenvalue weighted by atomic mass is 35.5. The van der Waals surface area contributed by atoms with Crippen LogP contribution in [0.25, 0.3) is 0 Å². The summed E-state index contributed by atoms with van der Waals surface area (Å²) in [4.78, 5) is 11.0. The molecule has 1 heterocycles. The Kier molecular flexibility index (Phi) is 3.19. The summed E-state index contributed by atoms with van der Waals surface area (Å²) >= 11 is 0. The Labute approximate surface area is 87.8 Å². The maximum atomic E-state index is 11.0. The molecule has 2 rings (SSSR count). The molecule has 0 atom stereocenters. The first-order valence-corrected chi connectivity index (χ1v) is 4.08. The average Bonchev–Trinajstić information content (AvgIpc) is 2.17. The van der Waals surface area contributed by atoms with E-state index in [1.165, 1.54) is 0 Å². The number of ether oxygens (including phenoxy) is 1. The molecule has 0 fully saturated rings. The van der Waals surface area contributed by atoms with Gasteiger partial charge in [0, 0.05) is 6.54 Å². The molecular weight excluding hydrogens is 204 g/mol. The first-order valence-electron chi connectivity index (χ1n) is 4.08. The second kappa shape index (κ2) is 4.19. The van der Waals surface area contributed by atoms with E-state index in [1.54, 1.807) is 12.1 Å². The van der Waals surface area contributed by atoms with Gasteiger partial charge in [-0.05, 0) is 12.1 Å². The van der Waals surface area contributed by atoms with Gasteiger partial charge in [0.2, 0.25) is 0 Å². The molecule has 0 spiro atoms. The number of hydrogen-bond acceptors (Lipinski definition) is 3. The van der Waals surface area contributed by atoms with Crippen LogP contribution in [0.3, 0.4) is 0 Å². The fourth-order valence-electron chi connectivity index (χ4n) is 1.36. The lowest BCUT2D eigenvalue weighted by molar-refractivity contribution is 0.0996. The normalized spacial score (nSPS) is 12.9. The van der Waals surface area contributed by atoms with Crippen molar-refractivity contribution in [3.05, 3.63) is 23.8 Å². The SMILES string of the molecule is Cl.NC(=O)c1cccc2c1OCCN2. The molecule has 1 aliphatic heterocycles. The van der Waals surface area contributed by atoms with Crippen LogP contribution < -0.4 is 15.8 Å². The molecule has 76 valence electrons. The molecule has 3 N–H and O–H groups in total. The molecule has 0 saturated heterocycles. The number of halogens is 1. The summed E-state index contributed by atoms with van der Waals surface area (Å²) in [7, 11) is 0. The Balaban J connectivity index is 0.000000980. The molecule has 0 saturated carbocycles. The molecule has 1 aromatic rings. The van der Waals surface area contributed by atoms with E-state index in [0.29, 0.717) is 17.9 Å². The minimum absolute atomic E-state index is 0. The molecule has 0 aromatic heterocycles. The Morgan fingerprint density at radius 2 is 2.29 bits per heavy atom. The summed E-state index contributed by atoms with van der Waals surface area (Å²) in [5, 5.41) is 3.13. The lowest BCUT2D eigenvalue weighted by Crippen LogP contribution is -2.21. The molecule has 1 aliphatic rings. The number of carbonyl (C=O) groups excluding carboxylic acids is 1. The Hall–Kier alpha value is -1.42. The number of para-hydroxylation sites is 1. The van der Waals surface area contributed by atoms with Gasteiger partial charge < -0.3 is 15.8 Å². The number of anilines is 1. The predicted molar refractivity (Wildman–Crippen MR) is 56.2 cm³/mol. The van der Waals surface area contributed by atoms with E-state index in [2.05, 4.69) is 5.32 Å². The quantitative estimate of drug-likeness (QED) is 0.734. The monoisotopic (exact) mass is 214 g/mol. The van der Waals surface area contributed by atoms with Gasteiger partial charge in [0.15, 0.2) is 5.75 Å². The van der Waals surface area contributed by atoms with Crippen molar-refractivity contribution in [2.75, 3.05) is 18.5 Å². The van der Waals surface area contributed by atoms with Gasteiger partial charge in [-0.15, -0.1) is 12.4 Å². The number of nitrogens with one attached hydrogen (secondary N) is 1. The topological polar surface area (TPSA) is 64.4 Å². The third-order valence-electron chi connectivity index (χ3n) is 1.94. The third kappa shape index (κ3) is 1.75. The first kappa shape index (κ1) is 10.7. The fraction of sp³-hybridized carbons (Fsp3) is 0.222. The highest BCUT2D eigenvalue weighted by Crippen LogP contribution is 2.30. The summed E-state index contributed by atoms with van der Waals surface area (Å²) in [5.74, 6) is 0.113. The molecule has 0 bridgehead atoms. The van der Waals surface area contributed by atoms with Crippen LogP contribution in [0.4, 0.5) is 5.69 Å². The van der Waals surface area contributed by atoms with E-state index in [9.17, 15) is 4.79 Å². The summed E-state index contributed by atoms with van der Waals surface area (Å²) in [6, 6.07) is 5.30. The average molecular weight is 215 g/mol. The van der Waals surface area contributed by atoms with Crippen molar-refractivity contribution in [3.63, 3.8) is 0 Å². The van der Waals surface area contributed by atoms with Crippen LogP contribution in [0.1, 0.15) is 10.4 Å². The van der Waals surface area contributed by atoms with Crippen molar-refractivity contribution in [1.29, 1.82) is 0 Å². The lowest BCUT2D eigenvalue weighted by atomic mass is 10.1. The van der Waals surface area contributed by atoms with Gasteiger partial charge >= 0.3 is 0 Å². The molecule has 1 amide bonds. The van der Waals surface area contributed by atoms with Crippen LogP contribution in [0.5, 0.6) is 5.75 Å². The van der Waals surface area contributed by atoms with Crippen molar-refractivity contribution in [2.45, 2.75) is 0 Å². The molecule has 0 radical (unpaired) electrons. The number of benzene rings is 1. The zero-order valence-electron chi connectivity index (χ0n) is 7.45. The van der Waals surface area contributed by atoms with Crippen LogP contribution in [-0.2, 0) is 0 Å². The van der Waals surface area contributed by atoms with E-state index in [4.69, 9.17) is 10.5 Å². The molecular formula is C9H11ClN2O2. The van der Waals surface area contributed by atoms with Crippen molar-refractivity contribution in [1.82, 2.24) is 0 Å².